The van der Waals surface area contributed by atoms with Crippen molar-refractivity contribution in [3.05, 3.63) is 59.5 Å². The largest absolute Gasteiger partial charge is 0.468 e. The van der Waals surface area contributed by atoms with E-state index in [4.69, 9.17) is 9.15 Å². The molecule has 0 saturated carbocycles. The minimum atomic E-state index is -0.465. The van der Waals surface area contributed by atoms with Gasteiger partial charge in [-0.25, -0.2) is 0 Å². The van der Waals surface area contributed by atoms with Crippen LogP contribution < -0.4 is 0 Å². The normalized spacial score (nSPS) is 12.0. The maximum atomic E-state index is 13.3. The van der Waals surface area contributed by atoms with E-state index in [1.165, 1.54) is 12.7 Å². The molecule has 0 aliphatic heterocycles. The number of furan rings is 1. The third-order valence-electron chi connectivity index (χ3n) is 5.49. The van der Waals surface area contributed by atoms with Gasteiger partial charge >= 0.3 is 5.97 Å². The fraction of sp³-hybridized carbons (Fsp3) is 0.520. The number of nitrogens with zero attached hydrogens (tertiary/aromatic N) is 2. The number of esters is 1. The van der Waals surface area contributed by atoms with Gasteiger partial charge in [0.15, 0.2) is 0 Å². The van der Waals surface area contributed by atoms with E-state index in [-0.39, 0.29) is 18.4 Å². The fourth-order valence-corrected chi connectivity index (χ4v) is 3.53. The summed E-state index contributed by atoms with van der Waals surface area (Å²) in [4.78, 5) is 29.2. The van der Waals surface area contributed by atoms with Crippen LogP contribution in [-0.2, 0) is 27.3 Å². The molecule has 31 heavy (non-hydrogen) atoms. The van der Waals surface area contributed by atoms with Crippen molar-refractivity contribution in [1.82, 2.24) is 9.80 Å². The Hall–Kier alpha value is -2.60. The molecule has 1 aromatic carbocycles. The number of amides is 1. The number of aryl methyl sites for hydroxylation is 1. The minimum Gasteiger partial charge on any atom is -0.468 e. The summed E-state index contributed by atoms with van der Waals surface area (Å²) in [6.45, 7) is 7.68. The van der Waals surface area contributed by atoms with Crippen molar-refractivity contribution < 1.29 is 18.7 Å². The third kappa shape index (κ3) is 8.21. The van der Waals surface area contributed by atoms with Crippen molar-refractivity contribution >= 4 is 11.9 Å². The van der Waals surface area contributed by atoms with Crippen LogP contribution in [0.4, 0.5) is 0 Å². The van der Waals surface area contributed by atoms with Crippen LogP contribution in [0.5, 0.6) is 0 Å². The van der Waals surface area contributed by atoms with Crippen LogP contribution >= 0.6 is 0 Å². The predicted molar refractivity (Wildman–Crippen MR) is 122 cm³/mol. The molecule has 1 unspecified atom stereocenters. The van der Waals surface area contributed by atoms with Crippen molar-refractivity contribution in [3.8, 4) is 0 Å². The fourth-order valence-electron chi connectivity index (χ4n) is 3.53. The molecule has 2 aromatic rings. The highest BCUT2D eigenvalue weighted by atomic mass is 16.5. The first-order chi connectivity index (χ1) is 14.9. The summed E-state index contributed by atoms with van der Waals surface area (Å²) in [5.41, 5.74) is 1.18. The van der Waals surface area contributed by atoms with Crippen molar-refractivity contribution in [2.24, 2.45) is 0 Å². The lowest BCUT2D eigenvalue weighted by Gasteiger charge is -2.30. The molecule has 170 valence electrons. The molecule has 0 bridgehead atoms. The zero-order chi connectivity index (χ0) is 22.6. The lowest BCUT2D eigenvalue weighted by molar-refractivity contribution is -0.147. The van der Waals surface area contributed by atoms with E-state index in [1.54, 1.807) is 6.92 Å². The molecule has 0 aliphatic carbocycles. The van der Waals surface area contributed by atoms with Gasteiger partial charge < -0.3 is 14.1 Å². The van der Waals surface area contributed by atoms with E-state index in [9.17, 15) is 9.59 Å². The van der Waals surface area contributed by atoms with E-state index < -0.39 is 6.04 Å². The summed E-state index contributed by atoms with van der Waals surface area (Å²) in [5.74, 6) is 1.25. The molecule has 6 heteroatoms. The molecule has 6 nitrogen and oxygen atoms in total. The van der Waals surface area contributed by atoms with Crippen LogP contribution in [0.1, 0.15) is 50.2 Å². The van der Waals surface area contributed by atoms with Gasteiger partial charge in [0.05, 0.1) is 20.2 Å². The molecule has 1 atom stereocenters. The molecule has 0 saturated heterocycles. The maximum absolute atomic E-state index is 13.3. The summed E-state index contributed by atoms with van der Waals surface area (Å²) >= 11 is 0. The molecular weight excluding hydrogens is 392 g/mol. The summed E-state index contributed by atoms with van der Waals surface area (Å²) in [7, 11) is 1.39. The number of unbranched alkanes of at least 4 members (excludes halogenated alkanes) is 2. The molecule has 0 N–H and O–H groups in total. The van der Waals surface area contributed by atoms with E-state index in [0.717, 1.165) is 37.2 Å². The van der Waals surface area contributed by atoms with Crippen LogP contribution in [0.2, 0.25) is 0 Å². The Bertz CT molecular complexity index is 803. The molecular formula is C25H36N2O4. The number of hydrogen-bond donors (Lipinski definition) is 0. The van der Waals surface area contributed by atoms with Gasteiger partial charge in [0.25, 0.3) is 0 Å². The lowest BCUT2D eigenvalue weighted by atomic mass is 10.1. The highest BCUT2D eigenvalue weighted by Crippen LogP contribution is 2.13. The number of ether oxygens (including phenoxy) is 1. The topological polar surface area (TPSA) is 63.0 Å². The Labute approximate surface area is 186 Å². The summed E-state index contributed by atoms with van der Waals surface area (Å²) in [6, 6.07) is 13.5. The Kier molecular flexibility index (Phi) is 10.3. The second kappa shape index (κ2) is 13.0. The van der Waals surface area contributed by atoms with Crippen LogP contribution in [0.3, 0.4) is 0 Å². The Morgan fingerprint density at radius 1 is 1.06 bits per heavy atom. The van der Waals surface area contributed by atoms with E-state index >= 15 is 0 Å². The van der Waals surface area contributed by atoms with Gasteiger partial charge in [-0.2, -0.15) is 0 Å². The standard InChI is InChI=1S/C25H36N2O4/c1-5-6-10-16-26(21(3)25(29)30-4)19-24(28)27(18-23-14-13-20(2)31-23)17-15-22-11-8-7-9-12-22/h7-9,11-14,21H,5-6,10,15-19H2,1-4H3. The first kappa shape index (κ1) is 24.7. The van der Waals surface area contributed by atoms with Gasteiger partial charge in [0.1, 0.15) is 17.6 Å². The van der Waals surface area contributed by atoms with Crippen molar-refractivity contribution in [3.63, 3.8) is 0 Å². The highest BCUT2D eigenvalue weighted by molar-refractivity contribution is 5.80. The number of methoxy groups -OCH3 is 1. The van der Waals surface area contributed by atoms with Crippen molar-refractivity contribution in [2.45, 2.75) is 59.0 Å². The molecule has 1 amide bonds. The Morgan fingerprint density at radius 3 is 2.42 bits per heavy atom. The first-order valence-electron chi connectivity index (χ1n) is 11.1. The summed E-state index contributed by atoms with van der Waals surface area (Å²) in [5, 5.41) is 0. The smallest absolute Gasteiger partial charge is 0.322 e. The van der Waals surface area contributed by atoms with Gasteiger partial charge in [-0.3, -0.25) is 14.5 Å². The second-order valence-electron chi connectivity index (χ2n) is 7.94. The van der Waals surface area contributed by atoms with Crippen molar-refractivity contribution in [2.75, 3.05) is 26.7 Å². The number of carbonyl (C=O) groups excluding carboxylic acids is 2. The monoisotopic (exact) mass is 428 g/mol. The van der Waals surface area contributed by atoms with Crippen LogP contribution in [0, 0.1) is 6.92 Å². The first-order valence-corrected chi connectivity index (χ1v) is 11.1. The molecule has 0 spiro atoms. The second-order valence-corrected chi connectivity index (χ2v) is 7.94. The molecule has 0 fully saturated rings. The molecule has 2 rings (SSSR count). The minimum absolute atomic E-state index is 0.0164. The van der Waals surface area contributed by atoms with Crippen molar-refractivity contribution in [1.29, 1.82) is 0 Å². The zero-order valence-electron chi connectivity index (χ0n) is 19.3. The average molecular weight is 429 g/mol. The zero-order valence-corrected chi connectivity index (χ0v) is 19.3. The van der Waals surface area contributed by atoms with E-state index in [0.29, 0.717) is 19.6 Å². The Balaban J connectivity index is 2.11. The quantitative estimate of drug-likeness (QED) is 0.353. The van der Waals surface area contributed by atoms with E-state index in [2.05, 4.69) is 19.1 Å². The third-order valence-corrected chi connectivity index (χ3v) is 5.49. The number of carbonyl (C=O) groups is 2. The highest BCUT2D eigenvalue weighted by Gasteiger charge is 2.26. The maximum Gasteiger partial charge on any atom is 0.322 e. The average Bonchev–Trinajstić information content (AvgIpc) is 3.20. The number of hydrogen-bond acceptors (Lipinski definition) is 5. The molecule has 1 heterocycles. The lowest BCUT2D eigenvalue weighted by Crippen LogP contribution is -2.47. The van der Waals surface area contributed by atoms with Gasteiger partial charge in [-0.1, -0.05) is 50.1 Å². The van der Waals surface area contributed by atoms with E-state index in [1.807, 2.05) is 47.1 Å². The van der Waals surface area contributed by atoms with Gasteiger partial charge in [0, 0.05) is 6.54 Å². The van der Waals surface area contributed by atoms with Crippen LogP contribution in [0.25, 0.3) is 0 Å². The summed E-state index contributed by atoms with van der Waals surface area (Å²) in [6.07, 6.45) is 3.83. The van der Waals surface area contributed by atoms with Gasteiger partial charge in [-0.15, -0.1) is 0 Å². The Morgan fingerprint density at radius 2 is 1.81 bits per heavy atom. The van der Waals surface area contributed by atoms with Crippen LogP contribution in [0.15, 0.2) is 46.9 Å². The van der Waals surface area contributed by atoms with Gasteiger partial charge in [-0.05, 0) is 50.9 Å². The van der Waals surface area contributed by atoms with Crippen LogP contribution in [-0.4, -0.2) is 54.5 Å². The molecule has 1 aromatic heterocycles. The molecule has 0 aliphatic rings. The number of rotatable bonds is 13. The van der Waals surface area contributed by atoms with Gasteiger partial charge in [0.2, 0.25) is 5.91 Å². The predicted octanol–water partition coefficient (Wildman–Crippen LogP) is 4.21. The molecule has 0 radical (unpaired) electrons. The summed E-state index contributed by atoms with van der Waals surface area (Å²) < 4.78 is 10.6. The number of benzene rings is 1. The SMILES string of the molecule is CCCCCN(CC(=O)N(CCc1ccccc1)Cc1ccc(C)o1)C(C)C(=O)OC.